The molecule has 1 aliphatic heterocycles. The molecule has 1 aliphatic rings. The Balaban J connectivity index is 2.09. The minimum Gasteiger partial charge on any atom is -0.497 e. The molecule has 1 saturated heterocycles. The van der Waals surface area contributed by atoms with Gasteiger partial charge < -0.3 is 10.5 Å². The van der Waals surface area contributed by atoms with E-state index in [1.54, 1.807) is 13.2 Å². The number of anilines is 1. The second-order valence-electron chi connectivity index (χ2n) is 4.54. The van der Waals surface area contributed by atoms with Crippen LogP contribution in [0.3, 0.4) is 0 Å². The number of rotatable bonds is 3. The lowest BCUT2D eigenvalue weighted by atomic mass is 9.98. The maximum absolute atomic E-state index is 11.4. The zero-order chi connectivity index (χ0) is 12.5. The van der Waals surface area contributed by atoms with Gasteiger partial charge in [0, 0.05) is 11.8 Å². The van der Waals surface area contributed by atoms with Gasteiger partial charge in [0.25, 0.3) is 0 Å². The van der Waals surface area contributed by atoms with Crippen molar-refractivity contribution in [1.82, 2.24) is 0 Å². The lowest BCUT2D eigenvalue weighted by Crippen LogP contribution is -2.08. The molecule has 0 aromatic heterocycles. The van der Waals surface area contributed by atoms with Gasteiger partial charge in [0.1, 0.15) is 5.75 Å². The van der Waals surface area contributed by atoms with Crippen molar-refractivity contribution in [2.45, 2.75) is 12.8 Å². The first-order valence-corrected chi connectivity index (χ1v) is 7.45. The van der Waals surface area contributed by atoms with Gasteiger partial charge in [0.2, 0.25) is 0 Å². The quantitative estimate of drug-likeness (QED) is 0.825. The van der Waals surface area contributed by atoms with Crippen LogP contribution in [0.5, 0.6) is 5.75 Å². The van der Waals surface area contributed by atoms with E-state index in [9.17, 15) is 8.42 Å². The second kappa shape index (κ2) is 4.56. The predicted molar refractivity (Wildman–Crippen MR) is 67.9 cm³/mol. The summed E-state index contributed by atoms with van der Waals surface area (Å²) in [6.45, 7) is 0. The molecule has 2 N–H and O–H groups in total. The number of nitrogen functional groups attached to an aromatic ring is 1. The van der Waals surface area contributed by atoms with Crippen molar-refractivity contribution in [3.05, 3.63) is 23.8 Å². The van der Waals surface area contributed by atoms with Crippen LogP contribution in [0.1, 0.15) is 12.0 Å². The Labute approximate surface area is 102 Å². The largest absolute Gasteiger partial charge is 0.497 e. The topological polar surface area (TPSA) is 69.4 Å². The van der Waals surface area contributed by atoms with E-state index in [4.69, 9.17) is 10.5 Å². The van der Waals surface area contributed by atoms with Gasteiger partial charge in [-0.15, -0.1) is 0 Å². The maximum Gasteiger partial charge on any atom is 0.150 e. The molecule has 1 fully saturated rings. The van der Waals surface area contributed by atoms with Crippen LogP contribution in [0.15, 0.2) is 18.2 Å². The molecule has 5 heteroatoms. The van der Waals surface area contributed by atoms with Gasteiger partial charge in [-0.3, -0.25) is 0 Å². The average Bonchev–Trinajstić information content (AvgIpc) is 2.61. The predicted octanol–water partition coefficient (Wildman–Crippen LogP) is 1.25. The standard InChI is InChI=1S/C12H17NO3S/c1-16-11-3-2-10(12(13)7-11)6-9-4-5-17(14,15)8-9/h2-3,7,9H,4-6,8,13H2,1H3. The highest BCUT2D eigenvalue weighted by Crippen LogP contribution is 2.27. The third-order valence-electron chi connectivity index (χ3n) is 3.19. The fraction of sp³-hybridized carbons (Fsp3) is 0.500. The molecule has 94 valence electrons. The summed E-state index contributed by atoms with van der Waals surface area (Å²) in [6, 6.07) is 5.55. The van der Waals surface area contributed by atoms with Crippen molar-refractivity contribution >= 4 is 15.5 Å². The molecule has 1 heterocycles. The number of benzene rings is 1. The number of hydrogen-bond donors (Lipinski definition) is 1. The molecule has 0 radical (unpaired) electrons. The number of nitrogens with two attached hydrogens (primary N) is 1. The third-order valence-corrected chi connectivity index (χ3v) is 5.03. The number of hydrogen-bond acceptors (Lipinski definition) is 4. The minimum atomic E-state index is -2.81. The Morgan fingerprint density at radius 3 is 2.76 bits per heavy atom. The summed E-state index contributed by atoms with van der Waals surface area (Å²) in [5, 5.41) is 0. The van der Waals surface area contributed by atoms with Crippen LogP contribution in [-0.2, 0) is 16.3 Å². The summed E-state index contributed by atoms with van der Waals surface area (Å²) in [7, 11) is -1.21. The van der Waals surface area contributed by atoms with E-state index in [1.807, 2.05) is 12.1 Å². The van der Waals surface area contributed by atoms with E-state index in [0.717, 1.165) is 24.2 Å². The monoisotopic (exact) mass is 255 g/mol. The molecule has 2 rings (SSSR count). The normalized spacial score (nSPS) is 22.5. The number of ether oxygens (including phenoxy) is 1. The molecule has 0 spiro atoms. The zero-order valence-corrected chi connectivity index (χ0v) is 10.7. The van der Waals surface area contributed by atoms with Gasteiger partial charge in [-0.1, -0.05) is 6.07 Å². The summed E-state index contributed by atoms with van der Waals surface area (Å²) in [6.07, 6.45) is 1.48. The zero-order valence-electron chi connectivity index (χ0n) is 9.85. The van der Waals surface area contributed by atoms with Crippen molar-refractivity contribution < 1.29 is 13.2 Å². The molecule has 0 aliphatic carbocycles. The highest BCUT2D eigenvalue weighted by Gasteiger charge is 2.28. The second-order valence-corrected chi connectivity index (χ2v) is 6.77. The summed E-state index contributed by atoms with van der Waals surface area (Å²) in [4.78, 5) is 0. The van der Waals surface area contributed by atoms with Crippen LogP contribution < -0.4 is 10.5 Å². The van der Waals surface area contributed by atoms with Crippen LogP contribution in [0.4, 0.5) is 5.69 Å². The fourth-order valence-electron chi connectivity index (χ4n) is 2.23. The van der Waals surface area contributed by atoms with E-state index < -0.39 is 9.84 Å². The van der Waals surface area contributed by atoms with Crippen LogP contribution in [-0.4, -0.2) is 27.0 Å². The molecule has 1 aromatic carbocycles. The highest BCUT2D eigenvalue weighted by molar-refractivity contribution is 7.91. The van der Waals surface area contributed by atoms with Gasteiger partial charge in [0.05, 0.1) is 18.6 Å². The third kappa shape index (κ3) is 2.91. The summed E-state index contributed by atoms with van der Waals surface area (Å²) in [5.74, 6) is 1.53. The lowest BCUT2D eigenvalue weighted by Gasteiger charge is -2.11. The average molecular weight is 255 g/mol. The lowest BCUT2D eigenvalue weighted by molar-refractivity contribution is 0.415. The Hall–Kier alpha value is -1.23. The fourth-order valence-corrected chi connectivity index (χ4v) is 4.09. The highest BCUT2D eigenvalue weighted by atomic mass is 32.2. The first-order valence-electron chi connectivity index (χ1n) is 5.63. The number of methoxy groups -OCH3 is 1. The SMILES string of the molecule is COc1ccc(CC2CCS(=O)(=O)C2)c(N)c1. The molecular weight excluding hydrogens is 238 g/mol. The molecule has 0 bridgehead atoms. The molecule has 1 atom stereocenters. The van der Waals surface area contributed by atoms with Crippen LogP contribution >= 0.6 is 0 Å². The van der Waals surface area contributed by atoms with Gasteiger partial charge in [-0.05, 0) is 30.4 Å². The van der Waals surface area contributed by atoms with Crippen molar-refractivity contribution in [2.24, 2.45) is 5.92 Å². The van der Waals surface area contributed by atoms with E-state index in [1.165, 1.54) is 0 Å². The Kier molecular flexibility index (Phi) is 3.28. The van der Waals surface area contributed by atoms with Gasteiger partial charge >= 0.3 is 0 Å². The first-order chi connectivity index (χ1) is 8.00. The Bertz CT molecular complexity index is 510. The van der Waals surface area contributed by atoms with E-state index >= 15 is 0 Å². The van der Waals surface area contributed by atoms with Crippen molar-refractivity contribution in [3.8, 4) is 5.75 Å². The van der Waals surface area contributed by atoms with Gasteiger partial charge in [-0.25, -0.2) is 8.42 Å². The molecular formula is C12H17NO3S. The van der Waals surface area contributed by atoms with Gasteiger partial charge in [-0.2, -0.15) is 0 Å². The molecule has 4 nitrogen and oxygen atoms in total. The molecule has 1 aromatic rings. The smallest absolute Gasteiger partial charge is 0.150 e. The van der Waals surface area contributed by atoms with Gasteiger partial charge in [0.15, 0.2) is 9.84 Å². The molecule has 1 unspecified atom stereocenters. The molecule has 0 saturated carbocycles. The Morgan fingerprint density at radius 2 is 2.24 bits per heavy atom. The number of sulfone groups is 1. The van der Waals surface area contributed by atoms with Crippen LogP contribution in [0.2, 0.25) is 0 Å². The van der Waals surface area contributed by atoms with Crippen LogP contribution in [0.25, 0.3) is 0 Å². The first kappa shape index (κ1) is 12.2. The van der Waals surface area contributed by atoms with E-state index in [-0.39, 0.29) is 5.92 Å². The van der Waals surface area contributed by atoms with Crippen molar-refractivity contribution in [2.75, 3.05) is 24.3 Å². The van der Waals surface area contributed by atoms with E-state index in [0.29, 0.717) is 17.2 Å². The van der Waals surface area contributed by atoms with Crippen molar-refractivity contribution in [3.63, 3.8) is 0 Å². The molecule has 17 heavy (non-hydrogen) atoms. The minimum absolute atomic E-state index is 0.204. The summed E-state index contributed by atoms with van der Waals surface area (Å²) >= 11 is 0. The van der Waals surface area contributed by atoms with E-state index in [2.05, 4.69) is 0 Å². The van der Waals surface area contributed by atoms with Crippen molar-refractivity contribution in [1.29, 1.82) is 0 Å². The summed E-state index contributed by atoms with van der Waals surface area (Å²) in [5.41, 5.74) is 7.60. The Morgan fingerprint density at radius 1 is 1.47 bits per heavy atom. The van der Waals surface area contributed by atoms with Crippen LogP contribution in [0, 0.1) is 5.92 Å². The maximum atomic E-state index is 11.4. The molecule has 0 amide bonds. The summed E-state index contributed by atoms with van der Waals surface area (Å²) < 4.78 is 27.8.